The second kappa shape index (κ2) is 8.36. The van der Waals surface area contributed by atoms with Crippen molar-refractivity contribution in [3.8, 4) is 0 Å². The Hall–Kier alpha value is -0.800. The Morgan fingerprint density at radius 1 is 1.38 bits per heavy atom. The predicted octanol–water partition coefficient (Wildman–Crippen LogP) is 1.77. The summed E-state index contributed by atoms with van der Waals surface area (Å²) in [6.07, 6.45) is 3.25. The standard InChI is InChI=1S/C13H27N3/c1-6-7-10(2)13(15-5)8-9-16-12(4)11(3)14/h11,13,15-16H,2,4,6-9,14H2,1,3,5H3. The summed E-state index contributed by atoms with van der Waals surface area (Å²) in [6, 6.07) is 0.389. The van der Waals surface area contributed by atoms with Crippen molar-refractivity contribution < 1.29 is 0 Å². The number of rotatable bonds is 9. The Labute approximate surface area is 100 Å². The normalized spacial score (nSPS) is 14.2. The van der Waals surface area contributed by atoms with Gasteiger partial charge in [0.2, 0.25) is 0 Å². The van der Waals surface area contributed by atoms with Gasteiger partial charge in [0.15, 0.2) is 0 Å². The lowest BCUT2D eigenvalue weighted by Crippen LogP contribution is -2.34. The van der Waals surface area contributed by atoms with Gasteiger partial charge < -0.3 is 16.4 Å². The molecule has 0 heterocycles. The minimum atomic E-state index is 0.00637. The van der Waals surface area contributed by atoms with Crippen LogP contribution in [0.1, 0.15) is 33.1 Å². The molecule has 0 aromatic carbocycles. The zero-order valence-electron chi connectivity index (χ0n) is 11.0. The zero-order chi connectivity index (χ0) is 12.6. The molecule has 0 aliphatic heterocycles. The van der Waals surface area contributed by atoms with Crippen LogP contribution in [-0.4, -0.2) is 25.7 Å². The van der Waals surface area contributed by atoms with Crippen LogP contribution >= 0.6 is 0 Å². The van der Waals surface area contributed by atoms with Crippen LogP contribution in [0.4, 0.5) is 0 Å². The molecular weight excluding hydrogens is 198 g/mol. The van der Waals surface area contributed by atoms with Crippen LogP contribution in [0.15, 0.2) is 24.4 Å². The lowest BCUT2D eigenvalue weighted by Gasteiger charge is -2.20. The molecule has 0 saturated heterocycles. The third kappa shape index (κ3) is 5.93. The number of hydrogen-bond donors (Lipinski definition) is 3. The van der Waals surface area contributed by atoms with Crippen molar-refractivity contribution in [1.29, 1.82) is 0 Å². The third-order valence-corrected chi connectivity index (χ3v) is 2.75. The Kier molecular flexibility index (Phi) is 7.95. The van der Waals surface area contributed by atoms with Crippen LogP contribution in [0.25, 0.3) is 0 Å². The van der Waals surface area contributed by atoms with Gasteiger partial charge in [-0.1, -0.05) is 32.1 Å². The molecule has 94 valence electrons. The first-order valence-electron chi connectivity index (χ1n) is 6.06. The van der Waals surface area contributed by atoms with Gasteiger partial charge in [0.05, 0.1) is 0 Å². The van der Waals surface area contributed by atoms with E-state index in [1.165, 1.54) is 5.57 Å². The van der Waals surface area contributed by atoms with E-state index in [9.17, 15) is 0 Å². The molecule has 16 heavy (non-hydrogen) atoms. The van der Waals surface area contributed by atoms with Gasteiger partial charge >= 0.3 is 0 Å². The largest absolute Gasteiger partial charge is 0.387 e. The van der Waals surface area contributed by atoms with Gasteiger partial charge in [0, 0.05) is 24.3 Å². The quantitative estimate of drug-likeness (QED) is 0.524. The highest BCUT2D eigenvalue weighted by molar-refractivity contribution is 5.06. The summed E-state index contributed by atoms with van der Waals surface area (Å²) in [6.45, 7) is 13.0. The number of nitrogens with two attached hydrogens (primary N) is 1. The van der Waals surface area contributed by atoms with E-state index in [1.54, 1.807) is 0 Å². The Morgan fingerprint density at radius 3 is 2.44 bits per heavy atom. The van der Waals surface area contributed by atoms with Crippen molar-refractivity contribution in [1.82, 2.24) is 10.6 Å². The first-order valence-corrected chi connectivity index (χ1v) is 6.06. The smallest absolute Gasteiger partial charge is 0.0409 e. The summed E-state index contributed by atoms with van der Waals surface area (Å²) in [4.78, 5) is 0. The van der Waals surface area contributed by atoms with E-state index in [2.05, 4.69) is 30.7 Å². The van der Waals surface area contributed by atoms with Crippen molar-refractivity contribution >= 4 is 0 Å². The summed E-state index contributed by atoms with van der Waals surface area (Å²) in [5.74, 6) is 0. The first kappa shape index (κ1) is 15.2. The molecule has 0 radical (unpaired) electrons. The molecule has 0 bridgehead atoms. The van der Waals surface area contributed by atoms with Crippen molar-refractivity contribution in [3.63, 3.8) is 0 Å². The second-order valence-electron chi connectivity index (χ2n) is 4.28. The molecule has 0 spiro atoms. The zero-order valence-corrected chi connectivity index (χ0v) is 11.0. The van der Waals surface area contributed by atoms with Crippen molar-refractivity contribution in [2.45, 2.75) is 45.2 Å². The Morgan fingerprint density at radius 2 is 2.00 bits per heavy atom. The maximum absolute atomic E-state index is 5.70. The number of nitrogens with one attached hydrogen (secondary N) is 2. The molecule has 2 unspecified atom stereocenters. The lowest BCUT2D eigenvalue weighted by atomic mass is 10.0. The van der Waals surface area contributed by atoms with Gasteiger partial charge in [0.25, 0.3) is 0 Å². The van der Waals surface area contributed by atoms with E-state index in [4.69, 9.17) is 5.73 Å². The number of hydrogen-bond acceptors (Lipinski definition) is 3. The minimum Gasteiger partial charge on any atom is -0.387 e. The Bertz CT molecular complexity index is 221. The van der Waals surface area contributed by atoms with E-state index in [0.29, 0.717) is 6.04 Å². The summed E-state index contributed by atoms with van der Waals surface area (Å²) in [5.41, 5.74) is 7.87. The minimum absolute atomic E-state index is 0.00637. The van der Waals surface area contributed by atoms with Crippen LogP contribution in [0.3, 0.4) is 0 Å². The molecular formula is C13H27N3. The molecule has 3 heteroatoms. The predicted molar refractivity (Wildman–Crippen MR) is 72.3 cm³/mol. The van der Waals surface area contributed by atoms with Crippen LogP contribution in [0.2, 0.25) is 0 Å². The first-order chi connectivity index (χ1) is 7.52. The molecule has 0 aromatic heterocycles. The highest BCUT2D eigenvalue weighted by Crippen LogP contribution is 2.10. The van der Waals surface area contributed by atoms with E-state index >= 15 is 0 Å². The molecule has 0 aromatic rings. The van der Waals surface area contributed by atoms with Crippen LogP contribution < -0.4 is 16.4 Å². The van der Waals surface area contributed by atoms with Crippen molar-refractivity contribution in [3.05, 3.63) is 24.4 Å². The van der Waals surface area contributed by atoms with Crippen molar-refractivity contribution in [2.75, 3.05) is 13.6 Å². The van der Waals surface area contributed by atoms with Crippen LogP contribution in [0, 0.1) is 0 Å². The summed E-state index contributed by atoms with van der Waals surface area (Å²) < 4.78 is 0. The topological polar surface area (TPSA) is 50.1 Å². The SMILES string of the molecule is C=C(NCCC(NC)C(=C)CCC)C(C)N. The second-order valence-corrected chi connectivity index (χ2v) is 4.28. The molecule has 0 fully saturated rings. The van der Waals surface area contributed by atoms with Gasteiger partial charge in [-0.15, -0.1) is 0 Å². The monoisotopic (exact) mass is 225 g/mol. The molecule has 2 atom stereocenters. The fourth-order valence-electron chi connectivity index (χ4n) is 1.59. The van der Waals surface area contributed by atoms with Gasteiger partial charge in [-0.3, -0.25) is 0 Å². The molecule has 0 aliphatic carbocycles. The summed E-state index contributed by atoms with van der Waals surface area (Å²) in [7, 11) is 1.98. The molecule has 0 aliphatic rings. The number of likely N-dealkylation sites (N-methyl/N-ethyl adjacent to an activating group) is 1. The highest BCUT2D eigenvalue weighted by atomic mass is 14.9. The fraction of sp³-hybridized carbons (Fsp3) is 0.692. The maximum Gasteiger partial charge on any atom is 0.0409 e. The van der Waals surface area contributed by atoms with E-state index in [-0.39, 0.29) is 6.04 Å². The van der Waals surface area contributed by atoms with Crippen molar-refractivity contribution in [2.24, 2.45) is 5.73 Å². The molecule has 0 amide bonds. The maximum atomic E-state index is 5.70. The lowest BCUT2D eigenvalue weighted by molar-refractivity contribution is 0.545. The highest BCUT2D eigenvalue weighted by Gasteiger charge is 2.09. The van der Waals surface area contributed by atoms with Crippen LogP contribution in [0.5, 0.6) is 0 Å². The average Bonchev–Trinajstić information content (AvgIpc) is 2.24. The Balaban J connectivity index is 3.88. The van der Waals surface area contributed by atoms with Crippen LogP contribution in [-0.2, 0) is 0 Å². The van der Waals surface area contributed by atoms with E-state index < -0.39 is 0 Å². The molecule has 3 nitrogen and oxygen atoms in total. The molecule has 0 saturated carbocycles. The molecule has 4 N–H and O–H groups in total. The van der Waals surface area contributed by atoms with Gasteiger partial charge in [-0.25, -0.2) is 0 Å². The molecule has 0 rings (SSSR count). The third-order valence-electron chi connectivity index (χ3n) is 2.75. The average molecular weight is 225 g/mol. The van der Waals surface area contributed by atoms with Gasteiger partial charge in [-0.2, -0.15) is 0 Å². The fourth-order valence-corrected chi connectivity index (χ4v) is 1.59. The van der Waals surface area contributed by atoms with E-state index in [0.717, 1.165) is 31.5 Å². The van der Waals surface area contributed by atoms with Gasteiger partial charge in [-0.05, 0) is 26.8 Å². The summed E-state index contributed by atoms with van der Waals surface area (Å²) >= 11 is 0. The summed E-state index contributed by atoms with van der Waals surface area (Å²) in [5, 5.41) is 6.53. The van der Waals surface area contributed by atoms with Gasteiger partial charge in [0.1, 0.15) is 0 Å². The van der Waals surface area contributed by atoms with E-state index in [1.807, 2.05) is 14.0 Å².